The molecule has 2 heteroatoms. The van der Waals surface area contributed by atoms with Gasteiger partial charge in [0, 0.05) is 25.6 Å². The molecule has 1 aliphatic rings. The second-order valence-corrected chi connectivity index (χ2v) is 32.8. The van der Waals surface area contributed by atoms with Gasteiger partial charge in [0.1, 0.15) is 0 Å². The van der Waals surface area contributed by atoms with E-state index in [2.05, 4.69) is 352 Å². The molecule has 0 atom stereocenters. The summed E-state index contributed by atoms with van der Waals surface area (Å²) in [7, 11) is 0. The number of halogens is 1. The van der Waals surface area contributed by atoms with Crippen LogP contribution in [0.2, 0.25) is 0 Å². The Morgan fingerprint density at radius 1 is 0.179 bits per heavy atom. The molecule has 0 bridgehead atoms. The van der Waals surface area contributed by atoms with E-state index >= 15 is 0 Å². The minimum absolute atomic E-state index is 0.427. The zero-order valence-corrected chi connectivity index (χ0v) is 60.2. The fraction of sp³-hybridized carbons (Fsp3) is 0. The summed E-state index contributed by atoms with van der Waals surface area (Å²) >= 11 is 1.50. The molecule has 106 heavy (non-hydrogen) atoms. The molecule has 0 unspecified atom stereocenters. The van der Waals surface area contributed by atoms with Crippen molar-refractivity contribution >= 4 is 182 Å². The number of rotatable bonds is 5. The Labute approximate surface area is 624 Å². The van der Waals surface area contributed by atoms with Gasteiger partial charge in [-0.3, -0.25) is 0 Å². The summed E-state index contributed by atoms with van der Waals surface area (Å²) in [5, 5.41) is 38.6. The van der Waals surface area contributed by atoms with E-state index in [9.17, 15) is 0 Å². The summed E-state index contributed by atoms with van der Waals surface area (Å²) in [4.78, 5) is 0. The summed E-state index contributed by atoms with van der Waals surface area (Å²) in [5.74, 6) is 0. The van der Waals surface area contributed by atoms with Crippen LogP contribution in [0.3, 0.4) is 0 Å². The summed E-state index contributed by atoms with van der Waals surface area (Å²) in [6.07, 6.45) is 0. The molecule has 0 spiro atoms. The van der Waals surface area contributed by atoms with Crippen LogP contribution in [-0.2, 0) is 0 Å². The maximum atomic E-state index is 2.55. The van der Waals surface area contributed by atoms with E-state index in [-0.39, 0.29) is 0 Å². The van der Waals surface area contributed by atoms with Gasteiger partial charge in [0.25, 0.3) is 0 Å². The van der Waals surface area contributed by atoms with E-state index in [0.29, 0.717) is 0 Å². The third kappa shape index (κ3) is 8.34. The van der Waals surface area contributed by atoms with Crippen molar-refractivity contribution in [2.75, 3.05) is 0 Å². The molecule has 1 aliphatic heterocycles. The van der Waals surface area contributed by atoms with Gasteiger partial charge in [-0.15, -0.1) is 11.3 Å². The zero-order valence-electron chi connectivity index (χ0n) is 57.3. The first-order valence-corrected chi connectivity index (χ1v) is 39.7. The minimum Gasteiger partial charge on any atom is -0.134 e. The Hall–Kier alpha value is -12.6. The molecule has 488 valence electrons. The second-order valence-electron chi connectivity index (χ2n) is 29.0. The molecule has 0 N–H and O–H groups in total. The maximum Gasteiger partial charge on any atom is 0.0440 e. The molecule has 2 heterocycles. The van der Waals surface area contributed by atoms with E-state index in [4.69, 9.17) is 0 Å². The van der Waals surface area contributed by atoms with Crippen LogP contribution in [0.15, 0.2) is 352 Å². The number of benzene rings is 22. The first kappa shape index (κ1) is 58.9. The summed E-state index contributed by atoms with van der Waals surface area (Å²) in [6, 6.07) is 134. The monoisotopic (exact) mass is 1470 g/mol. The van der Waals surface area contributed by atoms with Crippen LogP contribution < -0.4 is 21.2 Å². The Morgan fingerprint density at radius 3 is 1.16 bits per heavy atom. The van der Waals surface area contributed by atoms with Gasteiger partial charge >= 0.3 is 271 Å². The molecule has 0 aliphatic carbocycles. The van der Waals surface area contributed by atoms with Gasteiger partial charge in [0.2, 0.25) is 0 Å². The van der Waals surface area contributed by atoms with Crippen molar-refractivity contribution in [2.24, 2.45) is 0 Å². The van der Waals surface area contributed by atoms with Crippen molar-refractivity contribution in [1.82, 2.24) is 0 Å². The molecule has 24 rings (SSSR count). The van der Waals surface area contributed by atoms with E-state index in [1.807, 2.05) is 11.3 Å². The van der Waals surface area contributed by atoms with Crippen molar-refractivity contribution in [3.63, 3.8) is 0 Å². The normalized spacial score (nSPS) is 12.6. The summed E-state index contributed by atoms with van der Waals surface area (Å²) in [5.41, 5.74) is 15.4. The first-order valence-electron chi connectivity index (χ1n) is 36.7. The average molecular weight is 1470 g/mol. The molecule has 0 radical (unpaired) electrons. The number of thiophene rings is 1. The fourth-order valence-electron chi connectivity index (χ4n) is 19.2. The maximum absolute atomic E-state index is 2.55. The predicted molar refractivity (Wildman–Crippen MR) is 454 cm³/mol. The van der Waals surface area contributed by atoms with Crippen molar-refractivity contribution in [2.45, 2.75) is 0 Å². The van der Waals surface area contributed by atoms with Crippen LogP contribution in [0.25, 0.3) is 238 Å². The fourth-order valence-corrected chi connectivity index (χ4v) is 23.9. The average Bonchev–Trinajstić information content (AvgIpc) is 1.25. The van der Waals surface area contributed by atoms with Crippen LogP contribution in [0, 0.1) is 7.14 Å². The molecule has 0 nitrogen and oxygen atoms in total. The third-order valence-electron chi connectivity index (χ3n) is 23.7. The minimum atomic E-state index is -0.427. The third-order valence-corrected chi connectivity index (χ3v) is 28.0. The van der Waals surface area contributed by atoms with Crippen LogP contribution in [0.5, 0.6) is 0 Å². The molecule has 23 aromatic rings. The summed E-state index contributed by atoms with van der Waals surface area (Å²) in [6.45, 7) is 0. The molecule has 1 aromatic heterocycles. The van der Waals surface area contributed by atoms with Crippen molar-refractivity contribution < 1.29 is 21.2 Å². The molecule has 0 saturated heterocycles. The zero-order chi connectivity index (χ0) is 69.0. The number of fused-ring (bicyclic) bond motifs is 30. The van der Waals surface area contributed by atoms with Crippen molar-refractivity contribution in [1.29, 1.82) is 0 Å². The number of hydrogen-bond acceptors (Lipinski definition) is 1. The van der Waals surface area contributed by atoms with Crippen molar-refractivity contribution in [3.8, 4) is 66.8 Å². The van der Waals surface area contributed by atoms with Gasteiger partial charge in [-0.05, 0) is 133 Å². The standard InChI is InChI=1S/C104H58IS/c1-2-27-72-66(22-1)74-50-45-62(97-79-30-9-11-32-81(79)98(82-33-12-10-31-80(82)97)63-46-51-89-95(57-63)105-103-87-38-17-5-25-69(87)67-23-3-7-28-77(67)101(89)103)56-94(74)75-49-43-60(55-93(72)75)65-40-19-21-59-53-92-61(54-91(59)65)44-48-73-71(92)41-20-42-76(73)100-85-36-15-13-34-83(85)99(84-35-14-16-37-86(84)100)64-47-52-90-96(58-64)106-104-88-39-18-6-26-70(88)68-24-4-8-29-78(68)102(90)104/h1-58H/q-1. The van der Waals surface area contributed by atoms with Gasteiger partial charge in [-0.2, -0.15) is 0 Å². The summed E-state index contributed by atoms with van der Waals surface area (Å²) < 4.78 is 5.72. The van der Waals surface area contributed by atoms with E-state index in [0.717, 1.165) is 0 Å². The Kier molecular flexibility index (Phi) is 12.5. The van der Waals surface area contributed by atoms with Crippen LogP contribution in [0.4, 0.5) is 0 Å². The first-order chi connectivity index (χ1) is 52.6. The van der Waals surface area contributed by atoms with Gasteiger partial charge in [0.05, 0.1) is 0 Å². The molecular weight excluding hydrogens is 1410 g/mol. The smallest absolute Gasteiger partial charge is 0.0440 e. The SMILES string of the molecule is c1cc(-c2ccc3c(c2)c2ccccc2c2ccc(-c4c5ccccc5c(-c5ccc6c(c5)[I-]c5c-6c6ccccc6c6ccccc56)c5ccccc45)cc23)c2cc3ccc4c(-c5c6ccccc6c(-c6ccc7c(c6)sc6c8ccccc8c8ccccc8c76)c6ccccc56)cccc4c3cc2c1. The van der Waals surface area contributed by atoms with Crippen LogP contribution >= 0.6 is 11.3 Å². The Bertz CT molecular complexity index is 7810. The molecule has 22 aromatic carbocycles. The molecule has 0 amide bonds. The van der Waals surface area contributed by atoms with Crippen LogP contribution in [-0.4, -0.2) is 0 Å². The second kappa shape index (κ2) is 22.5. The molecule has 0 saturated carbocycles. The van der Waals surface area contributed by atoms with Gasteiger partial charge in [-0.25, -0.2) is 0 Å². The largest absolute Gasteiger partial charge is 0.134 e. The van der Waals surface area contributed by atoms with E-state index < -0.39 is 21.2 Å². The topological polar surface area (TPSA) is 0 Å². The quantitative estimate of drug-likeness (QED) is 0.0915. The van der Waals surface area contributed by atoms with Gasteiger partial charge in [-0.1, -0.05) is 188 Å². The van der Waals surface area contributed by atoms with Gasteiger partial charge in [0.15, 0.2) is 0 Å². The van der Waals surface area contributed by atoms with Crippen molar-refractivity contribution in [3.05, 3.63) is 359 Å². The molecule has 0 fully saturated rings. The predicted octanol–water partition coefficient (Wildman–Crippen LogP) is 26.6. The number of hydrogen-bond donors (Lipinski definition) is 0. The Balaban J connectivity index is 0.622. The van der Waals surface area contributed by atoms with Crippen LogP contribution in [0.1, 0.15) is 0 Å². The van der Waals surface area contributed by atoms with E-state index in [1.54, 1.807) is 3.57 Å². The van der Waals surface area contributed by atoms with E-state index in [1.165, 1.54) is 241 Å². The van der Waals surface area contributed by atoms with Gasteiger partial charge < -0.3 is 0 Å². The Morgan fingerprint density at radius 2 is 0.547 bits per heavy atom. The molecular formula is C104H58IS-.